The van der Waals surface area contributed by atoms with Crippen molar-refractivity contribution in [1.29, 1.82) is 0 Å². The number of rotatable bonds is 2. The van der Waals surface area contributed by atoms with E-state index in [4.69, 9.17) is 5.73 Å². The van der Waals surface area contributed by atoms with Gasteiger partial charge in [-0.3, -0.25) is 0 Å². The van der Waals surface area contributed by atoms with Crippen molar-refractivity contribution in [3.05, 3.63) is 66.0 Å². The number of nitrogens with two attached hydrogens (primary N) is 1. The molecule has 0 spiro atoms. The van der Waals surface area contributed by atoms with Gasteiger partial charge < -0.3 is 5.73 Å². The first kappa shape index (κ1) is 19.7. The average molecular weight is 423 g/mol. The zero-order chi connectivity index (χ0) is 21.7. The van der Waals surface area contributed by atoms with Crippen LogP contribution in [0.3, 0.4) is 0 Å². The van der Waals surface area contributed by atoms with E-state index in [1.54, 1.807) is 0 Å². The Bertz CT molecular complexity index is 1230. The molecule has 4 rings (SSSR count). The third kappa shape index (κ3) is 3.53. The number of benzene rings is 1. The van der Waals surface area contributed by atoms with Crippen LogP contribution in [0.4, 0.5) is 32.3 Å². The summed E-state index contributed by atoms with van der Waals surface area (Å²) in [5.41, 5.74) is 5.12. The van der Waals surface area contributed by atoms with Crippen LogP contribution >= 0.6 is 0 Å². The van der Waals surface area contributed by atoms with Crippen LogP contribution in [0.15, 0.2) is 54.9 Å². The van der Waals surface area contributed by atoms with Crippen molar-refractivity contribution < 1.29 is 26.3 Å². The molecule has 0 aliphatic carbocycles. The summed E-state index contributed by atoms with van der Waals surface area (Å²) >= 11 is 0. The molecule has 5 nitrogen and oxygen atoms in total. The van der Waals surface area contributed by atoms with Gasteiger partial charge in [0.15, 0.2) is 0 Å². The third-order valence-electron chi connectivity index (χ3n) is 4.37. The molecular weight excluding hydrogens is 412 g/mol. The predicted molar refractivity (Wildman–Crippen MR) is 96.1 cm³/mol. The Morgan fingerprint density at radius 3 is 2.03 bits per heavy atom. The van der Waals surface area contributed by atoms with Gasteiger partial charge in [0.05, 0.1) is 27.9 Å². The van der Waals surface area contributed by atoms with Crippen LogP contribution in [0.1, 0.15) is 11.1 Å². The van der Waals surface area contributed by atoms with E-state index in [-0.39, 0.29) is 28.4 Å². The Morgan fingerprint density at radius 2 is 1.43 bits per heavy atom. The SMILES string of the molecule is Nc1nccc(-c2c(-c3ccc(C(F)(F)F)cc3)nn3cc(C(F)(F)F)ccc23)n1. The highest BCUT2D eigenvalue weighted by atomic mass is 19.4. The van der Waals surface area contributed by atoms with Crippen LogP contribution in [0.25, 0.3) is 28.0 Å². The summed E-state index contributed by atoms with van der Waals surface area (Å²) in [7, 11) is 0. The number of fused-ring (bicyclic) bond motifs is 1. The number of aromatic nitrogens is 4. The van der Waals surface area contributed by atoms with Crippen molar-refractivity contribution >= 4 is 11.5 Å². The van der Waals surface area contributed by atoms with E-state index in [0.29, 0.717) is 5.56 Å². The van der Waals surface area contributed by atoms with Crippen LogP contribution in [-0.2, 0) is 12.4 Å². The van der Waals surface area contributed by atoms with Gasteiger partial charge in [-0.05, 0) is 30.3 Å². The Labute approximate surface area is 164 Å². The summed E-state index contributed by atoms with van der Waals surface area (Å²) < 4.78 is 78.9. The fraction of sp³-hybridized carbons (Fsp3) is 0.105. The first-order chi connectivity index (χ1) is 14.0. The molecule has 11 heteroatoms. The number of nitrogen functional groups attached to an aromatic ring is 1. The van der Waals surface area contributed by atoms with Gasteiger partial charge in [0, 0.05) is 18.0 Å². The summed E-state index contributed by atoms with van der Waals surface area (Å²) in [6.45, 7) is 0. The lowest BCUT2D eigenvalue weighted by Gasteiger charge is -2.08. The molecule has 0 unspecified atom stereocenters. The number of hydrogen-bond acceptors (Lipinski definition) is 4. The maximum atomic E-state index is 13.1. The van der Waals surface area contributed by atoms with Crippen molar-refractivity contribution in [2.75, 3.05) is 5.73 Å². The lowest BCUT2D eigenvalue weighted by molar-refractivity contribution is -0.138. The van der Waals surface area contributed by atoms with E-state index < -0.39 is 23.5 Å². The Kier molecular flexibility index (Phi) is 4.40. The van der Waals surface area contributed by atoms with Crippen LogP contribution in [0.5, 0.6) is 0 Å². The maximum absolute atomic E-state index is 13.1. The lowest BCUT2D eigenvalue weighted by Crippen LogP contribution is -2.06. The third-order valence-corrected chi connectivity index (χ3v) is 4.37. The van der Waals surface area contributed by atoms with Crippen LogP contribution in [0.2, 0.25) is 0 Å². The van der Waals surface area contributed by atoms with E-state index in [9.17, 15) is 26.3 Å². The standard InChI is InChI=1S/C19H11F6N5/c20-18(21,22)11-3-1-10(2-4-11)16-15(13-7-8-27-17(26)28-13)14-6-5-12(19(23,24)25)9-30(14)29-16/h1-9H,(H2,26,27,28). The molecule has 0 amide bonds. The topological polar surface area (TPSA) is 69.1 Å². The quantitative estimate of drug-likeness (QED) is 0.457. The molecule has 0 aliphatic rings. The molecule has 0 bridgehead atoms. The number of anilines is 1. The monoisotopic (exact) mass is 423 g/mol. The summed E-state index contributed by atoms with van der Waals surface area (Å²) in [6, 6.07) is 7.74. The molecule has 0 atom stereocenters. The van der Waals surface area contributed by atoms with Gasteiger partial charge in [-0.25, -0.2) is 14.5 Å². The molecule has 0 radical (unpaired) electrons. The highest BCUT2D eigenvalue weighted by Gasteiger charge is 2.32. The summed E-state index contributed by atoms with van der Waals surface area (Å²) in [5, 5.41) is 4.19. The van der Waals surface area contributed by atoms with E-state index in [2.05, 4.69) is 15.1 Å². The van der Waals surface area contributed by atoms with Gasteiger partial charge in [-0.1, -0.05) is 12.1 Å². The second-order valence-corrected chi connectivity index (χ2v) is 6.34. The molecular formula is C19H11F6N5. The Morgan fingerprint density at radius 1 is 0.800 bits per heavy atom. The van der Waals surface area contributed by atoms with Crippen molar-refractivity contribution in [1.82, 2.24) is 19.6 Å². The fourth-order valence-corrected chi connectivity index (χ4v) is 3.00. The number of alkyl halides is 6. The predicted octanol–water partition coefficient (Wildman–Crippen LogP) is 5.08. The number of nitrogens with zero attached hydrogens (tertiary/aromatic N) is 4. The molecule has 4 aromatic rings. The van der Waals surface area contributed by atoms with E-state index >= 15 is 0 Å². The average Bonchev–Trinajstić information content (AvgIpc) is 3.05. The number of hydrogen-bond donors (Lipinski definition) is 1. The molecule has 1 aromatic carbocycles. The van der Waals surface area contributed by atoms with Gasteiger partial charge in [0.2, 0.25) is 5.95 Å². The van der Waals surface area contributed by atoms with Gasteiger partial charge in [-0.2, -0.15) is 31.4 Å². The molecule has 0 saturated heterocycles. The second-order valence-electron chi connectivity index (χ2n) is 6.34. The van der Waals surface area contributed by atoms with Crippen LogP contribution in [0, 0.1) is 0 Å². The van der Waals surface area contributed by atoms with Gasteiger partial charge in [0.1, 0.15) is 5.69 Å². The minimum atomic E-state index is -4.59. The summed E-state index contributed by atoms with van der Waals surface area (Å²) in [4.78, 5) is 7.87. The fourth-order valence-electron chi connectivity index (χ4n) is 3.00. The minimum Gasteiger partial charge on any atom is -0.368 e. The molecule has 0 saturated carbocycles. The van der Waals surface area contributed by atoms with Gasteiger partial charge >= 0.3 is 12.4 Å². The van der Waals surface area contributed by atoms with E-state index in [1.165, 1.54) is 30.5 Å². The zero-order valence-electron chi connectivity index (χ0n) is 14.8. The summed E-state index contributed by atoms with van der Waals surface area (Å²) in [5.74, 6) is -0.0721. The molecule has 3 aromatic heterocycles. The summed E-state index contributed by atoms with van der Waals surface area (Å²) in [6.07, 6.45) is -6.95. The normalized spacial score (nSPS) is 12.5. The van der Waals surface area contributed by atoms with Crippen LogP contribution in [-0.4, -0.2) is 19.6 Å². The molecule has 154 valence electrons. The Balaban J connectivity index is 1.96. The van der Waals surface area contributed by atoms with Crippen molar-refractivity contribution in [2.24, 2.45) is 0 Å². The van der Waals surface area contributed by atoms with Crippen molar-refractivity contribution in [2.45, 2.75) is 12.4 Å². The van der Waals surface area contributed by atoms with Gasteiger partial charge in [-0.15, -0.1) is 0 Å². The Hall–Kier alpha value is -3.63. The van der Waals surface area contributed by atoms with Gasteiger partial charge in [0.25, 0.3) is 0 Å². The lowest BCUT2D eigenvalue weighted by atomic mass is 10.0. The molecule has 0 fully saturated rings. The second kappa shape index (κ2) is 6.71. The number of halogens is 6. The highest BCUT2D eigenvalue weighted by Crippen LogP contribution is 2.37. The molecule has 0 aliphatic heterocycles. The first-order valence-electron chi connectivity index (χ1n) is 8.40. The molecule has 2 N–H and O–H groups in total. The number of pyridine rings is 1. The van der Waals surface area contributed by atoms with Crippen molar-refractivity contribution in [3.8, 4) is 22.5 Å². The van der Waals surface area contributed by atoms with Crippen LogP contribution < -0.4 is 5.73 Å². The highest BCUT2D eigenvalue weighted by molar-refractivity contribution is 5.91. The van der Waals surface area contributed by atoms with E-state index in [0.717, 1.165) is 28.9 Å². The smallest absolute Gasteiger partial charge is 0.368 e. The molecule has 3 heterocycles. The molecule has 30 heavy (non-hydrogen) atoms. The first-order valence-corrected chi connectivity index (χ1v) is 8.40. The van der Waals surface area contributed by atoms with E-state index in [1.807, 2.05) is 0 Å². The minimum absolute atomic E-state index is 0.0721. The van der Waals surface area contributed by atoms with Crippen molar-refractivity contribution in [3.63, 3.8) is 0 Å². The zero-order valence-corrected chi connectivity index (χ0v) is 14.8. The maximum Gasteiger partial charge on any atom is 0.417 e. The largest absolute Gasteiger partial charge is 0.417 e.